The van der Waals surface area contributed by atoms with Crippen LogP contribution >= 0.6 is 0 Å². The van der Waals surface area contributed by atoms with Crippen molar-refractivity contribution in [3.63, 3.8) is 0 Å². The smallest absolute Gasteiger partial charge is 0.332 e. The Bertz CT molecular complexity index is 252. The van der Waals surface area contributed by atoms with Crippen molar-refractivity contribution in [2.75, 3.05) is 0 Å². The van der Waals surface area contributed by atoms with E-state index < -0.39 is 6.03 Å². The summed E-state index contributed by atoms with van der Waals surface area (Å²) in [6.07, 6.45) is 4.57. The number of urea groups is 1. The normalized spacial score (nSPS) is 10.2. The van der Waals surface area contributed by atoms with E-state index >= 15 is 0 Å². The molecule has 1 heterocycles. The molecule has 0 fully saturated rings. The van der Waals surface area contributed by atoms with Gasteiger partial charge in [0.1, 0.15) is 5.82 Å². The van der Waals surface area contributed by atoms with Gasteiger partial charge in [0.2, 0.25) is 0 Å². The van der Waals surface area contributed by atoms with Gasteiger partial charge in [0, 0.05) is 12.4 Å². The lowest BCUT2D eigenvalue weighted by molar-refractivity contribution is 0.249. The quantitative estimate of drug-likeness (QED) is 0.391. The molecule has 2 amide bonds. The number of aromatic amines is 1. The van der Waals surface area contributed by atoms with Crippen LogP contribution in [0.15, 0.2) is 17.5 Å². The third-order valence-electron chi connectivity index (χ3n) is 0.881. The summed E-state index contributed by atoms with van der Waals surface area (Å²) in [6.45, 7) is 0. The Balaban J connectivity index is 2.43. The van der Waals surface area contributed by atoms with Crippen LogP contribution in [-0.2, 0) is 0 Å². The second-order valence-electron chi connectivity index (χ2n) is 1.71. The summed E-state index contributed by atoms with van der Waals surface area (Å²) in [6, 6.07) is -0.701. The number of amides is 2. The van der Waals surface area contributed by atoms with E-state index in [0.29, 0.717) is 5.82 Å². The van der Waals surface area contributed by atoms with Gasteiger partial charge >= 0.3 is 6.03 Å². The third-order valence-corrected chi connectivity index (χ3v) is 0.881. The largest absolute Gasteiger partial charge is 0.350 e. The van der Waals surface area contributed by atoms with Crippen molar-refractivity contribution in [1.82, 2.24) is 15.4 Å². The minimum Gasteiger partial charge on any atom is -0.350 e. The van der Waals surface area contributed by atoms with Crippen molar-refractivity contribution in [2.24, 2.45) is 10.8 Å². The second kappa shape index (κ2) is 3.35. The lowest BCUT2D eigenvalue weighted by atomic mass is 10.7. The molecule has 0 radical (unpaired) electrons. The highest BCUT2D eigenvalue weighted by Gasteiger charge is 1.87. The van der Waals surface area contributed by atoms with Gasteiger partial charge < -0.3 is 10.7 Å². The average molecular weight is 153 g/mol. The molecule has 58 valence electrons. The molecule has 1 aromatic heterocycles. The van der Waals surface area contributed by atoms with Crippen molar-refractivity contribution in [1.29, 1.82) is 0 Å². The summed E-state index contributed by atoms with van der Waals surface area (Å²) in [5, 5.41) is 3.47. The Morgan fingerprint density at radius 2 is 2.73 bits per heavy atom. The SMILES string of the molecule is NC(=O)NN=Cc1ncc[nH]1. The number of imidazole rings is 1. The molecular weight excluding hydrogens is 146 g/mol. The average Bonchev–Trinajstić information content (AvgIpc) is 2.39. The molecule has 6 nitrogen and oxygen atoms in total. The van der Waals surface area contributed by atoms with Crippen LogP contribution in [0.4, 0.5) is 4.79 Å². The lowest BCUT2D eigenvalue weighted by Crippen LogP contribution is -2.24. The molecule has 11 heavy (non-hydrogen) atoms. The highest BCUT2D eigenvalue weighted by Crippen LogP contribution is 1.80. The minimum absolute atomic E-state index is 0.554. The Kier molecular flexibility index (Phi) is 2.21. The first-order chi connectivity index (χ1) is 5.29. The topological polar surface area (TPSA) is 96.2 Å². The van der Waals surface area contributed by atoms with Crippen molar-refractivity contribution in [3.8, 4) is 0 Å². The predicted octanol–water partition coefficient (Wildman–Crippen LogP) is -0.588. The van der Waals surface area contributed by atoms with E-state index in [9.17, 15) is 4.79 Å². The van der Waals surface area contributed by atoms with Crippen LogP contribution in [0.2, 0.25) is 0 Å². The first kappa shape index (κ1) is 7.26. The number of rotatable bonds is 2. The molecule has 0 aliphatic carbocycles. The third kappa shape index (κ3) is 2.48. The molecular formula is C5H7N5O. The zero-order valence-corrected chi connectivity index (χ0v) is 5.61. The van der Waals surface area contributed by atoms with Gasteiger partial charge in [-0.05, 0) is 0 Å². The molecule has 0 unspecified atom stereocenters. The Labute approximate surface area is 62.5 Å². The standard InChI is InChI=1S/C5H7N5O/c6-5(11)10-9-3-4-7-1-2-8-4/h1-3H,(H,7,8)(H3,6,10,11). The molecule has 0 bridgehead atoms. The molecule has 1 aromatic rings. The highest BCUT2D eigenvalue weighted by atomic mass is 16.2. The summed E-state index contributed by atoms with van der Waals surface area (Å²) in [7, 11) is 0. The van der Waals surface area contributed by atoms with Crippen molar-refractivity contribution >= 4 is 12.2 Å². The van der Waals surface area contributed by atoms with Crippen molar-refractivity contribution in [3.05, 3.63) is 18.2 Å². The number of hydrogen-bond acceptors (Lipinski definition) is 3. The van der Waals surface area contributed by atoms with Gasteiger partial charge in [-0.1, -0.05) is 0 Å². The lowest BCUT2D eigenvalue weighted by Gasteiger charge is -1.87. The van der Waals surface area contributed by atoms with Gasteiger partial charge in [0.15, 0.2) is 0 Å². The van der Waals surface area contributed by atoms with E-state index in [1.807, 2.05) is 5.43 Å². The van der Waals surface area contributed by atoms with Crippen LogP contribution in [0, 0.1) is 0 Å². The number of primary amides is 1. The molecule has 0 aliphatic heterocycles. The second-order valence-corrected chi connectivity index (χ2v) is 1.71. The van der Waals surface area contributed by atoms with Crippen molar-refractivity contribution < 1.29 is 4.79 Å². The monoisotopic (exact) mass is 153 g/mol. The summed E-state index contributed by atoms with van der Waals surface area (Å²) < 4.78 is 0. The maximum Gasteiger partial charge on any atom is 0.332 e. The maximum atomic E-state index is 10.1. The number of hydrogen-bond donors (Lipinski definition) is 3. The molecule has 0 saturated heterocycles. The van der Waals surface area contributed by atoms with Crippen LogP contribution in [-0.4, -0.2) is 22.2 Å². The molecule has 0 aliphatic rings. The van der Waals surface area contributed by atoms with E-state index in [-0.39, 0.29) is 0 Å². The summed E-state index contributed by atoms with van der Waals surface area (Å²) in [5.74, 6) is 0.554. The van der Waals surface area contributed by atoms with Gasteiger partial charge in [-0.15, -0.1) is 0 Å². The maximum absolute atomic E-state index is 10.1. The molecule has 0 atom stereocenters. The van der Waals surface area contributed by atoms with E-state index in [1.165, 1.54) is 6.21 Å². The Hall–Kier alpha value is -1.85. The summed E-state index contributed by atoms with van der Waals surface area (Å²) in [4.78, 5) is 16.7. The van der Waals surface area contributed by atoms with Gasteiger partial charge in [-0.3, -0.25) is 0 Å². The van der Waals surface area contributed by atoms with Crippen LogP contribution in [0.25, 0.3) is 0 Å². The Morgan fingerprint density at radius 3 is 3.27 bits per heavy atom. The summed E-state index contributed by atoms with van der Waals surface area (Å²) in [5.41, 5.74) is 6.77. The van der Waals surface area contributed by atoms with Gasteiger partial charge in [-0.25, -0.2) is 15.2 Å². The number of H-pyrrole nitrogens is 1. The molecule has 4 N–H and O–H groups in total. The number of aromatic nitrogens is 2. The Morgan fingerprint density at radius 1 is 1.91 bits per heavy atom. The molecule has 1 rings (SSSR count). The minimum atomic E-state index is -0.701. The van der Waals surface area contributed by atoms with Gasteiger partial charge in [0.25, 0.3) is 0 Å². The highest BCUT2D eigenvalue weighted by molar-refractivity contribution is 5.77. The number of carbonyl (C=O) groups excluding carboxylic acids is 1. The number of nitrogens with two attached hydrogens (primary N) is 1. The molecule has 0 spiro atoms. The molecule has 0 saturated carbocycles. The van der Waals surface area contributed by atoms with E-state index in [0.717, 1.165) is 0 Å². The first-order valence-corrected chi connectivity index (χ1v) is 2.87. The van der Waals surface area contributed by atoms with E-state index in [4.69, 9.17) is 5.73 Å². The zero-order chi connectivity index (χ0) is 8.10. The van der Waals surface area contributed by atoms with Crippen LogP contribution in [0.5, 0.6) is 0 Å². The van der Waals surface area contributed by atoms with Crippen LogP contribution in [0.1, 0.15) is 5.82 Å². The zero-order valence-electron chi connectivity index (χ0n) is 5.61. The predicted molar refractivity (Wildman–Crippen MR) is 38.9 cm³/mol. The molecule has 6 heteroatoms. The fourth-order valence-corrected chi connectivity index (χ4v) is 0.505. The number of hydrazone groups is 1. The number of nitrogens with one attached hydrogen (secondary N) is 2. The first-order valence-electron chi connectivity index (χ1n) is 2.87. The fraction of sp³-hybridized carbons (Fsp3) is 0. The summed E-state index contributed by atoms with van der Waals surface area (Å²) >= 11 is 0. The van der Waals surface area contributed by atoms with E-state index in [1.54, 1.807) is 12.4 Å². The van der Waals surface area contributed by atoms with Gasteiger partial charge in [0.05, 0.1) is 6.21 Å². The number of nitrogens with zero attached hydrogens (tertiary/aromatic N) is 2. The fourth-order valence-electron chi connectivity index (χ4n) is 0.505. The van der Waals surface area contributed by atoms with E-state index in [2.05, 4.69) is 15.1 Å². The van der Waals surface area contributed by atoms with Gasteiger partial charge in [-0.2, -0.15) is 5.10 Å². The van der Waals surface area contributed by atoms with Crippen LogP contribution in [0.3, 0.4) is 0 Å². The molecule has 0 aromatic carbocycles. The number of carbonyl (C=O) groups is 1. The van der Waals surface area contributed by atoms with Crippen molar-refractivity contribution in [2.45, 2.75) is 0 Å². The van der Waals surface area contributed by atoms with Crippen LogP contribution < -0.4 is 11.2 Å².